The molecule has 166 valence electrons. The second kappa shape index (κ2) is 10.7. The third-order valence-corrected chi connectivity index (χ3v) is 7.10. The summed E-state index contributed by atoms with van der Waals surface area (Å²) < 4.78 is 26.8. The Morgan fingerprint density at radius 2 is 1.94 bits per heavy atom. The van der Waals surface area contributed by atoms with Gasteiger partial charge in [-0.15, -0.1) is 6.58 Å². The molecule has 2 aromatic rings. The smallest absolute Gasteiger partial charge is 0.253 e. The molecule has 1 aliphatic heterocycles. The van der Waals surface area contributed by atoms with Gasteiger partial charge in [-0.1, -0.05) is 12.1 Å². The fraction of sp³-hybridized carbons (Fsp3) is 0.391. The van der Waals surface area contributed by atoms with Crippen LogP contribution in [0.4, 0.5) is 0 Å². The Hall–Kier alpha value is -2.55. The third kappa shape index (κ3) is 6.22. The van der Waals surface area contributed by atoms with E-state index in [0.717, 1.165) is 44.6 Å². The monoisotopic (exact) mass is 442 g/mol. The SMILES string of the molecule is C=CCNS(=O)(=O)c1ccc(C(=O)N(C)C2CCN(CCc3ccccn3)CC2)cc1. The van der Waals surface area contributed by atoms with Crippen LogP contribution < -0.4 is 4.72 Å². The number of aromatic nitrogens is 1. The van der Waals surface area contributed by atoms with Gasteiger partial charge in [0.2, 0.25) is 10.0 Å². The van der Waals surface area contributed by atoms with Crippen LogP contribution in [0.3, 0.4) is 0 Å². The van der Waals surface area contributed by atoms with Crippen LogP contribution in [0.2, 0.25) is 0 Å². The molecule has 0 saturated carbocycles. The van der Waals surface area contributed by atoms with Crippen LogP contribution >= 0.6 is 0 Å². The number of likely N-dealkylation sites (tertiary alicyclic amines) is 1. The van der Waals surface area contributed by atoms with E-state index in [1.54, 1.807) is 17.0 Å². The lowest BCUT2D eigenvalue weighted by molar-refractivity contribution is 0.0643. The van der Waals surface area contributed by atoms with E-state index in [4.69, 9.17) is 0 Å². The first-order chi connectivity index (χ1) is 14.9. The normalized spacial score (nSPS) is 15.5. The van der Waals surface area contributed by atoms with Crippen molar-refractivity contribution in [3.8, 4) is 0 Å². The van der Waals surface area contributed by atoms with Crippen molar-refractivity contribution in [1.29, 1.82) is 0 Å². The summed E-state index contributed by atoms with van der Waals surface area (Å²) >= 11 is 0. The highest BCUT2D eigenvalue weighted by molar-refractivity contribution is 7.89. The van der Waals surface area contributed by atoms with E-state index in [0.29, 0.717) is 5.56 Å². The number of carbonyl (C=O) groups excluding carboxylic acids is 1. The highest BCUT2D eigenvalue weighted by atomic mass is 32.2. The Balaban J connectivity index is 1.51. The molecular weight excluding hydrogens is 412 g/mol. The van der Waals surface area contributed by atoms with Gasteiger partial charge in [0.25, 0.3) is 5.91 Å². The molecule has 0 unspecified atom stereocenters. The molecule has 3 rings (SSSR count). The molecule has 0 spiro atoms. The van der Waals surface area contributed by atoms with Crippen LogP contribution in [0.5, 0.6) is 0 Å². The Morgan fingerprint density at radius 3 is 2.55 bits per heavy atom. The van der Waals surface area contributed by atoms with E-state index in [-0.39, 0.29) is 23.4 Å². The molecule has 0 bridgehead atoms. The molecule has 0 radical (unpaired) electrons. The van der Waals surface area contributed by atoms with E-state index in [1.165, 1.54) is 18.2 Å². The molecule has 8 heteroatoms. The predicted molar refractivity (Wildman–Crippen MR) is 121 cm³/mol. The van der Waals surface area contributed by atoms with Crippen molar-refractivity contribution in [3.63, 3.8) is 0 Å². The number of amides is 1. The summed E-state index contributed by atoms with van der Waals surface area (Å²) in [7, 11) is -1.77. The average molecular weight is 443 g/mol. The molecule has 1 N–H and O–H groups in total. The molecular formula is C23H30N4O3S. The maximum atomic E-state index is 12.9. The quantitative estimate of drug-likeness (QED) is 0.603. The highest BCUT2D eigenvalue weighted by Crippen LogP contribution is 2.19. The summed E-state index contributed by atoms with van der Waals surface area (Å²) in [6.07, 6.45) is 6.07. The number of benzene rings is 1. The number of sulfonamides is 1. The second-order valence-corrected chi connectivity index (χ2v) is 9.49. The van der Waals surface area contributed by atoms with Gasteiger partial charge in [0.1, 0.15) is 0 Å². The Bertz CT molecular complexity index is 970. The number of piperidine rings is 1. The van der Waals surface area contributed by atoms with Gasteiger partial charge in [-0.05, 0) is 49.2 Å². The Labute approximate surface area is 184 Å². The van der Waals surface area contributed by atoms with Gasteiger partial charge in [-0.3, -0.25) is 9.78 Å². The molecule has 2 heterocycles. The van der Waals surface area contributed by atoms with Crippen molar-refractivity contribution in [2.24, 2.45) is 0 Å². The van der Waals surface area contributed by atoms with E-state index < -0.39 is 10.0 Å². The zero-order valence-electron chi connectivity index (χ0n) is 17.9. The first-order valence-corrected chi connectivity index (χ1v) is 12.0. The van der Waals surface area contributed by atoms with Crippen LogP contribution in [-0.2, 0) is 16.4 Å². The van der Waals surface area contributed by atoms with Crippen molar-refractivity contribution in [3.05, 3.63) is 72.6 Å². The van der Waals surface area contributed by atoms with Crippen molar-refractivity contribution in [2.75, 3.05) is 33.2 Å². The number of nitrogens with zero attached hydrogens (tertiary/aromatic N) is 3. The molecule has 1 aromatic heterocycles. The largest absolute Gasteiger partial charge is 0.339 e. The minimum absolute atomic E-state index is 0.0880. The third-order valence-electron chi connectivity index (χ3n) is 5.66. The lowest BCUT2D eigenvalue weighted by atomic mass is 10.0. The summed E-state index contributed by atoms with van der Waals surface area (Å²) in [5.74, 6) is -0.0880. The lowest BCUT2D eigenvalue weighted by Gasteiger charge is -2.36. The van der Waals surface area contributed by atoms with E-state index >= 15 is 0 Å². The first kappa shape index (κ1) is 23.1. The first-order valence-electron chi connectivity index (χ1n) is 10.5. The minimum Gasteiger partial charge on any atom is -0.339 e. The van der Waals surface area contributed by atoms with E-state index in [1.807, 2.05) is 31.4 Å². The molecule has 0 aliphatic carbocycles. The van der Waals surface area contributed by atoms with Crippen LogP contribution in [0.15, 0.2) is 66.2 Å². The molecule has 1 saturated heterocycles. The van der Waals surface area contributed by atoms with Gasteiger partial charge in [-0.2, -0.15) is 0 Å². The molecule has 1 aromatic carbocycles. The van der Waals surface area contributed by atoms with Gasteiger partial charge >= 0.3 is 0 Å². The fourth-order valence-electron chi connectivity index (χ4n) is 3.75. The maximum absolute atomic E-state index is 12.9. The second-order valence-electron chi connectivity index (χ2n) is 7.72. The van der Waals surface area contributed by atoms with Crippen LogP contribution in [0.25, 0.3) is 0 Å². The number of hydrogen-bond donors (Lipinski definition) is 1. The number of pyridine rings is 1. The number of hydrogen-bond acceptors (Lipinski definition) is 5. The average Bonchev–Trinajstić information content (AvgIpc) is 2.81. The number of nitrogens with one attached hydrogen (secondary N) is 1. The summed E-state index contributed by atoms with van der Waals surface area (Å²) in [5, 5.41) is 0. The Morgan fingerprint density at radius 1 is 1.23 bits per heavy atom. The van der Waals surface area contributed by atoms with Crippen molar-refractivity contribution < 1.29 is 13.2 Å². The van der Waals surface area contributed by atoms with Gasteiger partial charge in [-0.25, -0.2) is 13.1 Å². The van der Waals surface area contributed by atoms with Crippen LogP contribution in [0, 0.1) is 0 Å². The molecule has 1 fully saturated rings. The standard InChI is InChI=1S/C23H30N4O3S/c1-3-14-25-31(29,30)22-9-7-19(8-10-22)23(28)26(2)21-12-17-27(18-13-21)16-11-20-6-4-5-15-24-20/h3-10,15,21,25H,1,11-14,16-18H2,2H3. The van der Waals surface area contributed by atoms with Crippen molar-refractivity contribution in [2.45, 2.75) is 30.2 Å². The van der Waals surface area contributed by atoms with Crippen LogP contribution in [-0.4, -0.2) is 68.4 Å². The van der Waals surface area contributed by atoms with Crippen LogP contribution in [0.1, 0.15) is 28.9 Å². The lowest BCUT2D eigenvalue weighted by Crippen LogP contribution is -2.46. The summed E-state index contributed by atoms with van der Waals surface area (Å²) in [6, 6.07) is 12.2. The van der Waals surface area contributed by atoms with Gasteiger partial charge in [0.05, 0.1) is 4.90 Å². The number of rotatable bonds is 9. The highest BCUT2D eigenvalue weighted by Gasteiger charge is 2.26. The minimum atomic E-state index is -3.59. The summed E-state index contributed by atoms with van der Waals surface area (Å²) in [4.78, 5) is 21.6. The van der Waals surface area contributed by atoms with Gasteiger partial charge < -0.3 is 9.80 Å². The summed E-state index contributed by atoms with van der Waals surface area (Å²) in [6.45, 7) is 6.52. The fourth-order valence-corrected chi connectivity index (χ4v) is 4.75. The van der Waals surface area contributed by atoms with Crippen molar-refractivity contribution in [1.82, 2.24) is 19.5 Å². The topological polar surface area (TPSA) is 82.6 Å². The summed E-state index contributed by atoms with van der Waals surface area (Å²) in [5.41, 5.74) is 1.59. The van der Waals surface area contributed by atoms with Crippen molar-refractivity contribution >= 4 is 15.9 Å². The predicted octanol–water partition coefficient (Wildman–Crippen LogP) is 2.33. The van der Waals surface area contributed by atoms with Gasteiger partial charge in [0, 0.05) is 63.1 Å². The van der Waals surface area contributed by atoms with E-state index in [2.05, 4.69) is 21.2 Å². The molecule has 1 amide bonds. The molecule has 0 atom stereocenters. The zero-order chi connectivity index (χ0) is 22.3. The number of carbonyl (C=O) groups is 1. The molecule has 1 aliphatic rings. The maximum Gasteiger partial charge on any atom is 0.253 e. The van der Waals surface area contributed by atoms with E-state index in [9.17, 15) is 13.2 Å². The Kier molecular flexibility index (Phi) is 7.95. The molecule has 31 heavy (non-hydrogen) atoms. The molecule has 7 nitrogen and oxygen atoms in total. The van der Waals surface area contributed by atoms with Gasteiger partial charge in [0.15, 0.2) is 0 Å². The zero-order valence-corrected chi connectivity index (χ0v) is 18.7.